The van der Waals surface area contributed by atoms with Crippen LogP contribution in [0.4, 0.5) is 5.69 Å². The zero-order valence-corrected chi connectivity index (χ0v) is 20.8. The molecule has 3 aromatic rings. The van der Waals surface area contributed by atoms with Crippen LogP contribution < -0.4 is 19.8 Å². The van der Waals surface area contributed by atoms with E-state index in [9.17, 15) is 14.7 Å². The van der Waals surface area contributed by atoms with Gasteiger partial charge >= 0.3 is 5.97 Å². The SMILES string of the molecule is CCOC(=O)C1=C(C)N=c2s/c(=C/c3cc(Cl)ccc3O)c(=O)n2[C@H]1c1ccc(N(C)C)cc1. The van der Waals surface area contributed by atoms with E-state index in [4.69, 9.17) is 16.3 Å². The predicted molar refractivity (Wildman–Crippen MR) is 134 cm³/mol. The monoisotopic (exact) mass is 497 g/mol. The van der Waals surface area contributed by atoms with Crippen molar-refractivity contribution in [1.29, 1.82) is 0 Å². The second-order valence-electron chi connectivity index (χ2n) is 7.99. The maximum Gasteiger partial charge on any atom is 0.338 e. The molecule has 0 amide bonds. The number of fused-ring (bicyclic) bond motifs is 1. The van der Waals surface area contributed by atoms with E-state index in [1.807, 2.05) is 43.3 Å². The molecule has 1 atom stereocenters. The fraction of sp³-hybridized carbons (Fsp3) is 0.240. The molecule has 2 aromatic carbocycles. The number of ether oxygens (including phenoxy) is 1. The van der Waals surface area contributed by atoms with E-state index >= 15 is 0 Å². The summed E-state index contributed by atoms with van der Waals surface area (Å²) in [5, 5.41) is 10.7. The number of esters is 1. The Morgan fingerprint density at radius 2 is 1.97 bits per heavy atom. The van der Waals surface area contributed by atoms with Gasteiger partial charge in [0.1, 0.15) is 5.75 Å². The third-order valence-electron chi connectivity index (χ3n) is 5.52. The molecule has 0 unspecified atom stereocenters. The number of thiazole rings is 1. The van der Waals surface area contributed by atoms with E-state index in [1.54, 1.807) is 32.1 Å². The predicted octanol–water partition coefficient (Wildman–Crippen LogP) is 3.22. The fourth-order valence-electron chi connectivity index (χ4n) is 3.84. The van der Waals surface area contributed by atoms with Gasteiger partial charge in [-0.2, -0.15) is 0 Å². The highest BCUT2D eigenvalue weighted by atomic mass is 35.5. The largest absolute Gasteiger partial charge is 0.507 e. The molecule has 1 aliphatic rings. The molecule has 0 spiro atoms. The number of allylic oxidation sites excluding steroid dienone is 1. The van der Waals surface area contributed by atoms with Gasteiger partial charge in [-0.25, -0.2) is 9.79 Å². The van der Waals surface area contributed by atoms with Gasteiger partial charge in [0.05, 0.1) is 28.5 Å². The maximum absolute atomic E-state index is 13.6. The van der Waals surface area contributed by atoms with E-state index < -0.39 is 12.0 Å². The molecule has 0 fully saturated rings. The molecular formula is C25H24ClN3O4S. The van der Waals surface area contributed by atoms with Crippen LogP contribution in [0.1, 0.15) is 31.0 Å². The molecule has 4 rings (SSSR count). The van der Waals surface area contributed by atoms with Gasteiger partial charge in [0, 0.05) is 30.4 Å². The Balaban J connectivity index is 1.95. The Hall–Kier alpha value is -3.36. The number of halogens is 1. The molecule has 176 valence electrons. The van der Waals surface area contributed by atoms with E-state index in [-0.39, 0.29) is 17.9 Å². The number of anilines is 1. The highest BCUT2D eigenvalue weighted by molar-refractivity contribution is 7.07. The summed E-state index contributed by atoms with van der Waals surface area (Å²) in [6.45, 7) is 3.69. The Morgan fingerprint density at radius 3 is 2.62 bits per heavy atom. The number of phenolic OH excluding ortho intramolecular Hbond substituents is 1. The Kier molecular flexibility index (Phi) is 6.63. The molecule has 1 aromatic heterocycles. The van der Waals surface area contributed by atoms with Crippen LogP contribution in [-0.2, 0) is 9.53 Å². The van der Waals surface area contributed by atoms with Gasteiger partial charge in [-0.15, -0.1) is 0 Å². The fourth-order valence-corrected chi connectivity index (χ4v) is 5.06. The molecule has 0 saturated heterocycles. The first-order valence-corrected chi connectivity index (χ1v) is 11.9. The van der Waals surface area contributed by atoms with Crippen molar-refractivity contribution >= 4 is 40.7 Å². The van der Waals surface area contributed by atoms with Crippen molar-refractivity contribution in [3.63, 3.8) is 0 Å². The number of rotatable bonds is 5. The third-order valence-corrected chi connectivity index (χ3v) is 6.74. The molecule has 2 heterocycles. The summed E-state index contributed by atoms with van der Waals surface area (Å²) in [6.07, 6.45) is 1.58. The number of hydrogen-bond acceptors (Lipinski definition) is 7. The van der Waals surface area contributed by atoms with Crippen molar-refractivity contribution < 1.29 is 14.6 Å². The van der Waals surface area contributed by atoms with Gasteiger partial charge in [-0.3, -0.25) is 9.36 Å². The molecule has 0 aliphatic carbocycles. The Morgan fingerprint density at radius 1 is 1.26 bits per heavy atom. The number of aromatic nitrogens is 1. The minimum Gasteiger partial charge on any atom is -0.507 e. The molecule has 0 bridgehead atoms. The number of carbonyl (C=O) groups is 1. The van der Waals surface area contributed by atoms with Crippen molar-refractivity contribution in [2.75, 3.05) is 25.6 Å². The molecule has 34 heavy (non-hydrogen) atoms. The maximum atomic E-state index is 13.6. The summed E-state index contributed by atoms with van der Waals surface area (Å²) < 4.78 is 7.20. The Labute approximate surface area is 205 Å². The van der Waals surface area contributed by atoms with E-state index in [1.165, 1.54) is 22.0 Å². The van der Waals surface area contributed by atoms with Crippen LogP contribution in [0.2, 0.25) is 5.02 Å². The van der Waals surface area contributed by atoms with Crippen molar-refractivity contribution in [2.24, 2.45) is 4.99 Å². The van der Waals surface area contributed by atoms with Gasteiger partial charge in [0.2, 0.25) is 0 Å². The van der Waals surface area contributed by atoms with Crippen LogP contribution in [0.5, 0.6) is 5.75 Å². The van der Waals surface area contributed by atoms with Gasteiger partial charge in [0.25, 0.3) is 5.56 Å². The first-order chi connectivity index (χ1) is 16.2. The van der Waals surface area contributed by atoms with Gasteiger partial charge in [-0.05, 0) is 55.8 Å². The van der Waals surface area contributed by atoms with Crippen molar-refractivity contribution in [3.8, 4) is 5.75 Å². The lowest BCUT2D eigenvalue weighted by Crippen LogP contribution is -2.39. The number of nitrogens with zero attached hydrogens (tertiary/aromatic N) is 3. The van der Waals surface area contributed by atoms with Crippen LogP contribution in [0, 0.1) is 0 Å². The zero-order valence-electron chi connectivity index (χ0n) is 19.2. The molecule has 7 nitrogen and oxygen atoms in total. The minimum atomic E-state index is -0.693. The zero-order chi connectivity index (χ0) is 24.6. The first kappa shape index (κ1) is 23.8. The summed E-state index contributed by atoms with van der Waals surface area (Å²) in [5.74, 6) is -0.498. The Bertz CT molecular complexity index is 1470. The number of aromatic hydroxyl groups is 1. The highest BCUT2D eigenvalue weighted by Gasteiger charge is 2.33. The summed E-state index contributed by atoms with van der Waals surface area (Å²) in [7, 11) is 3.88. The molecular weight excluding hydrogens is 474 g/mol. The van der Waals surface area contributed by atoms with Crippen LogP contribution in [0.25, 0.3) is 6.08 Å². The van der Waals surface area contributed by atoms with Gasteiger partial charge < -0.3 is 14.7 Å². The van der Waals surface area contributed by atoms with Crippen molar-refractivity contribution in [2.45, 2.75) is 19.9 Å². The molecule has 0 saturated carbocycles. The minimum absolute atomic E-state index is 0.00875. The summed E-state index contributed by atoms with van der Waals surface area (Å²) in [5.41, 5.74) is 2.68. The van der Waals surface area contributed by atoms with Gasteiger partial charge in [0.15, 0.2) is 4.80 Å². The van der Waals surface area contributed by atoms with E-state index in [0.717, 1.165) is 11.3 Å². The second kappa shape index (κ2) is 9.48. The lowest BCUT2D eigenvalue weighted by molar-refractivity contribution is -0.139. The number of benzene rings is 2. The lowest BCUT2D eigenvalue weighted by Gasteiger charge is -2.25. The summed E-state index contributed by atoms with van der Waals surface area (Å²) in [6, 6.07) is 11.6. The van der Waals surface area contributed by atoms with Crippen LogP contribution in [0.3, 0.4) is 0 Å². The standard InChI is InChI=1S/C25H24ClN3O4S/c1-5-33-24(32)21-14(2)27-25-29(22(21)15-6-9-18(10-7-15)28(3)4)23(31)20(34-25)13-16-12-17(26)8-11-19(16)30/h6-13,22,30H,5H2,1-4H3/b20-13+/t22-/m0/s1. The third kappa shape index (κ3) is 4.38. The molecule has 1 aliphatic heterocycles. The highest BCUT2D eigenvalue weighted by Crippen LogP contribution is 2.31. The topological polar surface area (TPSA) is 84.1 Å². The number of phenols is 1. The number of carbonyl (C=O) groups excluding carboxylic acids is 1. The molecule has 1 N–H and O–H groups in total. The molecule has 9 heteroatoms. The molecule has 0 radical (unpaired) electrons. The summed E-state index contributed by atoms with van der Waals surface area (Å²) in [4.78, 5) is 33.5. The van der Waals surface area contributed by atoms with Gasteiger partial charge in [-0.1, -0.05) is 35.1 Å². The first-order valence-electron chi connectivity index (χ1n) is 10.7. The van der Waals surface area contributed by atoms with Crippen molar-refractivity contribution in [3.05, 3.63) is 89.6 Å². The normalized spacial score (nSPS) is 15.7. The van der Waals surface area contributed by atoms with Crippen molar-refractivity contribution in [1.82, 2.24) is 4.57 Å². The van der Waals surface area contributed by atoms with Crippen LogP contribution >= 0.6 is 22.9 Å². The average molecular weight is 498 g/mol. The number of hydrogen-bond donors (Lipinski definition) is 1. The second-order valence-corrected chi connectivity index (χ2v) is 9.44. The quantitative estimate of drug-likeness (QED) is 0.547. The van der Waals surface area contributed by atoms with E-state index in [2.05, 4.69) is 4.99 Å². The van der Waals surface area contributed by atoms with Crippen LogP contribution in [-0.4, -0.2) is 36.3 Å². The smallest absolute Gasteiger partial charge is 0.338 e. The summed E-state index contributed by atoms with van der Waals surface area (Å²) >= 11 is 7.26. The lowest BCUT2D eigenvalue weighted by atomic mass is 9.95. The van der Waals surface area contributed by atoms with E-state index in [0.29, 0.717) is 31.2 Å². The van der Waals surface area contributed by atoms with Crippen LogP contribution in [0.15, 0.2) is 63.5 Å². The average Bonchev–Trinajstić information content (AvgIpc) is 3.10.